The maximum Gasteiger partial charge on any atom is 0.416 e. The molecule has 272 valence electrons. The number of benzene rings is 2. The molecule has 4 aromatic rings. The average molecular weight is 695 g/mol. The van der Waals surface area contributed by atoms with Gasteiger partial charge in [0.15, 0.2) is 5.96 Å². The van der Waals surface area contributed by atoms with E-state index in [4.69, 9.17) is 17.2 Å². The molecule has 0 radical (unpaired) electrons. The van der Waals surface area contributed by atoms with E-state index in [2.05, 4.69) is 47.1 Å². The van der Waals surface area contributed by atoms with Crippen molar-refractivity contribution in [3.05, 3.63) is 93.2 Å². The molecule has 1 aliphatic carbocycles. The average Bonchev–Trinajstić information content (AvgIpc) is 3.46. The van der Waals surface area contributed by atoms with Gasteiger partial charge in [-0.25, -0.2) is 4.79 Å². The molecule has 0 amide bonds. The van der Waals surface area contributed by atoms with Gasteiger partial charge in [0.1, 0.15) is 5.65 Å². The van der Waals surface area contributed by atoms with Crippen molar-refractivity contribution >= 4 is 17.0 Å². The van der Waals surface area contributed by atoms with E-state index in [-0.39, 0.29) is 34.4 Å². The fourth-order valence-corrected chi connectivity index (χ4v) is 5.94. The van der Waals surface area contributed by atoms with Crippen molar-refractivity contribution in [3.63, 3.8) is 0 Å². The number of nitrogens with two attached hydrogens (primary N) is 3. The first-order chi connectivity index (χ1) is 23.3. The van der Waals surface area contributed by atoms with E-state index in [1.54, 1.807) is 4.57 Å². The Bertz CT molecular complexity index is 1770. The molecule has 0 saturated heterocycles. The van der Waals surface area contributed by atoms with E-state index in [9.17, 15) is 18.0 Å². The van der Waals surface area contributed by atoms with E-state index in [1.807, 2.05) is 57.3 Å². The number of alkyl halides is 3. The van der Waals surface area contributed by atoms with E-state index in [0.29, 0.717) is 12.2 Å². The molecule has 50 heavy (non-hydrogen) atoms. The number of hydrogen-bond donors (Lipinski definition) is 5. The van der Waals surface area contributed by atoms with Crippen LogP contribution in [-0.2, 0) is 23.6 Å². The summed E-state index contributed by atoms with van der Waals surface area (Å²) in [5.74, 6) is 0.325. The summed E-state index contributed by atoms with van der Waals surface area (Å²) >= 11 is 0. The quantitative estimate of drug-likeness (QED) is 0.0782. The fourth-order valence-electron chi connectivity index (χ4n) is 5.94. The van der Waals surface area contributed by atoms with Gasteiger partial charge in [0.25, 0.3) is 0 Å². The van der Waals surface area contributed by atoms with Crippen LogP contribution in [-0.4, -0.2) is 39.6 Å². The molecule has 2 aromatic carbocycles. The van der Waals surface area contributed by atoms with Crippen LogP contribution in [0.15, 0.2) is 64.5 Å². The van der Waals surface area contributed by atoms with E-state index in [1.165, 1.54) is 12.1 Å². The smallest absolute Gasteiger partial charge is 0.370 e. The Labute approximate surface area is 293 Å². The van der Waals surface area contributed by atoms with Crippen LogP contribution < -0.4 is 28.2 Å². The summed E-state index contributed by atoms with van der Waals surface area (Å²) in [5.41, 5.74) is 20.5. The van der Waals surface area contributed by atoms with Crippen LogP contribution in [0.2, 0.25) is 0 Å². The fraction of sp³-hybridized carbons (Fsp3) is 0.500. The number of nitrogens with one attached hydrogen (secondary N) is 2. The van der Waals surface area contributed by atoms with Gasteiger partial charge in [-0.1, -0.05) is 59.7 Å². The van der Waals surface area contributed by atoms with Crippen molar-refractivity contribution in [2.45, 2.75) is 109 Å². The van der Waals surface area contributed by atoms with Gasteiger partial charge in [-0.05, 0) is 97.0 Å². The lowest BCUT2D eigenvalue weighted by atomic mass is 9.78. The molecule has 0 unspecified atom stereocenters. The zero-order valence-electron chi connectivity index (χ0n) is 30.1. The van der Waals surface area contributed by atoms with Gasteiger partial charge in [0.2, 0.25) is 0 Å². The van der Waals surface area contributed by atoms with Gasteiger partial charge in [-0.3, -0.25) is 9.56 Å². The lowest BCUT2D eigenvalue weighted by molar-refractivity contribution is -0.137. The normalized spacial score (nSPS) is 16.9. The summed E-state index contributed by atoms with van der Waals surface area (Å²) in [7, 11) is 0. The number of fused-ring (bicyclic) bond motifs is 1. The largest absolute Gasteiger partial charge is 0.416 e. The Balaban J connectivity index is 0.000000237. The molecular weight excluding hydrogens is 641 g/mol. The molecule has 2 heterocycles. The maximum absolute atomic E-state index is 13.1. The highest BCUT2D eigenvalue weighted by Crippen LogP contribution is 2.39. The van der Waals surface area contributed by atoms with Crippen LogP contribution in [0, 0.1) is 0 Å². The van der Waals surface area contributed by atoms with E-state index < -0.39 is 11.7 Å². The van der Waals surface area contributed by atoms with Crippen LogP contribution in [0.4, 0.5) is 13.2 Å². The number of H-pyrrole nitrogens is 1. The third kappa shape index (κ3) is 10.7. The minimum atomic E-state index is -4.29. The van der Waals surface area contributed by atoms with E-state index in [0.717, 1.165) is 78.7 Å². The molecule has 0 bridgehead atoms. The van der Waals surface area contributed by atoms with Crippen LogP contribution in [0.25, 0.3) is 16.7 Å². The molecule has 12 heteroatoms. The Kier molecular flexibility index (Phi) is 12.2. The van der Waals surface area contributed by atoms with Gasteiger partial charge in [0, 0.05) is 41.8 Å². The molecule has 0 aliphatic heterocycles. The Morgan fingerprint density at radius 2 is 1.58 bits per heavy atom. The highest BCUT2D eigenvalue weighted by Gasteiger charge is 2.33. The first-order valence-corrected chi connectivity index (χ1v) is 17.3. The molecule has 0 spiro atoms. The molecule has 9 nitrogen and oxygen atoms in total. The van der Waals surface area contributed by atoms with Crippen molar-refractivity contribution in [2.75, 3.05) is 13.1 Å². The molecule has 8 N–H and O–H groups in total. The van der Waals surface area contributed by atoms with Crippen LogP contribution in [0.3, 0.4) is 0 Å². The highest BCUT2D eigenvalue weighted by atomic mass is 19.4. The van der Waals surface area contributed by atoms with Crippen LogP contribution in [0.1, 0.15) is 108 Å². The van der Waals surface area contributed by atoms with Gasteiger partial charge >= 0.3 is 11.9 Å². The van der Waals surface area contributed by atoms with Crippen molar-refractivity contribution in [2.24, 2.45) is 22.2 Å². The van der Waals surface area contributed by atoms with Gasteiger partial charge < -0.3 is 27.5 Å². The first kappa shape index (κ1) is 38.6. The topological polar surface area (TPSA) is 153 Å². The highest BCUT2D eigenvalue weighted by molar-refractivity contribution is 5.76. The predicted molar refractivity (Wildman–Crippen MR) is 197 cm³/mol. The lowest BCUT2D eigenvalue weighted by Gasteiger charge is -2.29. The summed E-state index contributed by atoms with van der Waals surface area (Å²) in [4.78, 5) is 23.9. The molecule has 1 aliphatic rings. The molecule has 2 aromatic heterocycles. The number of aromatic nitrogens is 3. The second-order valence-electron chi connectivity index (χ2n) is 15.3. The van der Waals surface area contributed by atoms with Crippen molar-refractivity contribution < 1.29 is 13.2 Å². The summed E-state index contributed by atoms with van der Waals surface area (Å²) in [6.45, 7) is 14.4. The summed E-state index contributed by atoms with van der Waals surface area (Å²) < 4.78 is 41.0. The number of aliphatic imine (C=N–C) groups is 1. The summed E-state index contributed by atoms with van der Waals surface area (Å²) in [5, 5.41) is 4.27. The zero-order chi connectivity index (χ0) is 36.9. The van der Waals surface area contributed by atoms with Crippen molar-refractivity contribution in [3.8, 4) is 5.69 Å². The van der Waals surface area contributed by atoms with Gasteiger partial charge in [-0.2, -0.15) is 18.2 Å². The van der Waals surface area contributed by atoms with Gasteiger partial charge in [0.05, 0.1) is 11.3 Å². The monoisotopic (exact) mass is 694 g/mol. The van der Waals surface area contributed by atoms with Crippen molar-refractivity contribution in [1.82, 2.24) is 19.9 Å². The van der Waals surface area contributed by atoms with Crippen molar-refractivity contribution in [1.29, 1.82) is 0 Å². The van der Waals surface area contributed by atoms with Crippen LogP contribution >= 0.6 is 0 Å². The minimum Gasteiger partial charge on any atom is -0.370 e. The second kappa shape index (κ2) is 15.8. The maximum atomic E-state index is 13.1. The standard InChI is InChI=1S/C21H29N7O.C17H24F3N/c1-21(2,3)17-11-15-13-28(20(29)27-18(15)26-17)16-7-5-14(6-8-16)12-24-9-4-10-25-19(22)23;1-16(2,3)13-8-12(9-14(10-13)17(18,19)20)11-4-6-15(21)7-5-11/h5-8,11,13,24H,4,9-10,12H2,1-3H3,(H4,22,23,25)(H,26,27,29);8-11,15H,4-7,21H2,1-3H3. The summed E-state index contributed by atoms with van der Waals surface area (Å²) in [6.07, 6.45) is 1.97. The lowest BCUT2D eigenvalue weighted by Crippen LogP contribution is -2.26. The van der Waals surface area contributed by atoms with E-state index >= 15 is 0 Å². The Morgan fingerprint density at radius 1 is 0.940 bits per heavy atom. The predicted octanol–water partition coefficient (Wildman–Crippen LogP) is 6.75. The Hall–Kier alpha value is -4.16. The SMILES string of the molecule is CC(C)(C)c1cc(C2CCC(N)CC2)cc(C(F)(F)F)c1.CC(C)(C)c1cc2cn(-c3ccc(CNCCCN=C(N)N)cc3)c(=O)nc2[nH]1. The van der Waals surface area contributed by atoms with Crippen LogP contribution in [0.5, 0.6) is 0 Å². The number of rotatable bonds is 8. The number of aromatic amines is 1. The first-order valence-electron chi connectivity index (χ1n) is 17.3. The molecule has 1 saturated carbocycles. The number of halogens is 3. The Morgan fingerprint density at radius 3 is 2.16 bits per heavy atom. The molecule has 0 atom stereocenters. The van der Waals surface area contributed by atoms with Gasteiger partial charge in [-0.15, -0.1) is 0 Å². The zero-order valence-corrected chi connectivity index (χ0v) is 30.1. The minimum absolute atomic E-state index is 0.0352. The molecular formula is C38H53F3N8O. The second-order valence-corrected chi connectivity index (χ2v) is 15.3. The molecule has 1 fully saturated rings. The summed E-state index contributed by atoms with van der Waals surface area (Å²) in [6, 6.07) is 14.7. The number of guanidine groups is 1. The third-order valence-electron chi connectivity index (χ3n) is 9.06. The molecule has 5 rings (SSSR count). The third-order valence-corrected chi connectivity index (χ3v) is 9.06. The number of nitrogens with zero attached hydrogens (tertiary/aromatic N) is 3. The number of hydrogen-bond acceptors (Lipinski definition) is 5.